The smallest absolute Gasteiger partial charge is 0.343 e. The van der Waals surface area contributed by atoms with E-state index in [2.05, 4.69) is 50.7 Å². The number of benzene rings is 4. The van der Waals surface area contributed by atoms with Crippen LogP contribution in [0.3, 0.4) is 0 Å². The maximum Gasteiger partial charge on any atom is 0.343 e. The minimum absolute atomic E-state index is 0.405. The van der Waals surface area contributed by atoms with Crippen LogP contribution in [0.1, 0.15) is 15.9 Å². The number of hydrogen-bond acceptors (Lipinski definition) is 6. The van der Waals surface area contributed by atoms with E-state index in [1.807, 2.05) is 48.5 Å². The maximum atomic E-state index is 12.3. The van der Waals surface area contributed by atoms with E-state index < -0.39 is 5.97 Å². The summed E-state index contributed by atoms with van der Waals surface area (Å²) in [4.78, 5) is 18.2. The Hall–Kier alpha value is -4.07. The van der Waals surface area contributed by atoms with Gasteiger partial charge < -0.3 is 4.74 Å². The van der Waals surface area contributed by atoms with E-state index in [1.54, 1.807) is 53.9 Å². The maximum absolute atomic E-state index is 12.3. The highest BCUT2D eigenvalue weighted by Gasteiger charge is 2.14. The minimum atomic E-state index is -0.405. The van der Waals surface area contributed by atoms with Crippen LogP contribution in [-0.4, -0.2) is 17.2 Å². The van der Waals surface area contributed by atoms with E-state index >= 15 is 0 Å². The molecule has 0 saturated heterocycles. The van der Waals surface area contributed by atoms with Crippen molar-refractivity contribution in [3.05, 3.63) is 125 Å². The van der Waals surface area contributed by atoms with Crippen molar-refractivity contribution in [3.8, 4) is 27.4 Å². The number of thiazole rings is 1. The fourth-order valence-electron chi connectivity index (χ4n) is 3.48. The molecule has 7 heteroatoms. The van der Waals surface area contributed by atoms with Crippen molar-refractivity contribution in [3.63, 3.8) is 0 Å². The fraction of sp³-hybridized carbons (Fsp3) is 0. The van der Waals surface area contributed by atoms with Crippen molar-refractivity contribution >= 4 is 44.6 Å². The highest BCUT2D eigenvalue weighted by Crippen LogP contribution is 2.38. The van der Waals surface area contributed by atoms with Gasteiger partial charge in [0, 0.05) is 10.0 Å². The molecule has 1 aromatic heterocycles. The van der Waals surface area contributed by atoms with E-state index in [-0.39, 0.29) is 0 Å². The summed E-state index contributed by atoms with van der Waals surface area (Å²) in [6.45, 7) is 0. The third-order valence-corrected chi connectivity index (χ3v) is 6.79. The Morgan fingerprint density at radius 1 is 0.833 bits per heavy atom. The minimum Gasteiger partial charge on any atom is -0.423 e. The summed E-state index contributed by atoms with van der Waals surface area (Å²) in [5.41, 5.74) is 7.48. The molecule has 0 saturated carbocycles. The molecule has 0 atom stereocenters. The molecular weight excluding hydrogens is 534 g/mol. The predicted molar refractivity (Wildman–Crippen MR) is 150 cm³/mol. The van der Waals surface area contributed by atoms with E-state index in [4.69, 9.17) is 9.72 Å². The van der Waals surface area contributed by atoms with Gasteiger partial charge in [0.2, 0.25) is 5.13 Å². The van der Waals surface area contributed by atoms with E-state index in [0.717, 1.165) is 31.7 Å². The largest absolute Gasteiger partial charge is 0.423 e. The fourth-order valence-corrected chi connectivity index (χ4v) is 4.69. The van der Waals surface area contributed by atoms with Crippen molar-refractivity contribution in [2.45, 2.75) is 0 Å². The lowest BCUT2D eigenvalue weighted by atomic mass is 10.1. The monoisotopic (exact) mass is 553 g/mol. The molecule has 0 radical (unpaired) electrons. The van der Waals surface area contributed by atoms with Crippen molar-refractivity contribution in [1.82, 2.24) is 4.98 Å². The summed E-state index contributed by atoms with van der Waals surface area (Å²) in [5.74, 6) is 0.0609. The van der Waals surface area contributed by atoms with Crippen molar-refractivity contribution in [1.29, 1.82) is 0 Å². The molecule has 0 aliphatic carbocycles. The van der Waals surface area contributed by atoms with Gasteiger partial charge in [-0.3, -0.25) is 5.43 Å². The molecule has 0 spiro atoms. The summed E-state index contributed by atoms with van der Waals surface area (Å²) in [6.07, 6.45) is 1.70. The molecule has 176 valence electrons. The van der Waals surface area contributed by atoms with Gasteiger partial charge in [-0.05, 0) is 59.7 Å². The summed E-state index contributed by atoms with van der Waals surface area (Å²) in [5, 5.41) is 5.06. The van der Waals surface area contributed by atoms with Crippen LogP contribution in [0.5, 0.6) is 5.75 Å². The van der Waals surface area contributed by atoms with E-state index in [9.17, 15) is 4.79 Å². The second-order valence-corrected chi connectivity index (χ2v) is 9.68. The number of nitrogens with zero attached hydrogens (tertiary/aromatic N) is 2. The number of anilines is 1. The van der Waals surface area contributed by atoms with Crippen molar-refractivity contribution in [2.24, 2.45) is 5.10 Å². The number of aromatic nitrogens is 1. The molecule has 5 nitrogen and oxygen atoms in total. The lowest BCUT2D eigenvalue weighted by molar-refractivity contribution is 0.0734. The molecule has 36 heavy (non-hydrogen) atoms. The SMILES string of the molecule is O=C(Oc1ccc(/C=N\Nc2nc(-c3ccccc3)c(-c3ccccc3)s2)cc1)c1ccc(Br)cc1. The van der Waals surface area contributed by atoms with Crippen LogP contribution in [0.25, 0.3) is 21.7 Å². The topological polar surface area (TPSA) is 63.6 Å². The predicted octanol–water partition coefficient (Wildman–Crippen LogP) is 7.90. The summed E-state index contributed by atoms with van der Waals surface area (Å²) in [7, 11) is 0. The highest BCUT2D eigenvalue weighted by atomic mass is 79.9. The Morgan fingerprint density at radius 3 is 2.14 bits per heavy atom. The third-order valence-electron chi connectivity index (χ3n) is 5.25. The molecule has 1 heterocycles. The molecule has 0 aliphatic heterocycles. The average Bonchev–Trinajstić information content (AvgIpc) is 3.35. The lowest BCUT2D eigenvalue weighted by Crippen LogP contribution is -2.08. The summed E-state index contributed by atoms with van der Waals surface area (Å²) < 4.78 is 6.35. The van der Waals surface area contributed by atoms with Gasteiger partial charge in [-0.2, -0.15) is 5.10 Å². The van der Waals surface area contributed by atoms with Crippen LogP contribution < -0.4 is 10.2 Å². The lowest BCUT2D eigenvalue weighted by Gasteiger charge is -2.04. The molecule has 1 N–H and O–H groups in total. The van der Waals surface area contributed by atoms with Gasteiger partial charge in [-0.25, -0.2) is 9.78 Å². The first-order valence-corrected chi connectivity index (χ1v) is 12.8. The number of carbonyl (C=O) groups excluding carboxylic acids is 1. The first-order chi connectivity index (χ1) is 17.7. The molecule has 0 aliphatic rings. The standard InChI is InChI=1S/C29H20BrN3O2S/c30-24-15-13-23(14-16-24)28(34)35-25-17-11-20(12-18-25)19-31-33-29-32-26(21-7-3-1-4-8-21)27(36-29)22-9-5-2-6-10-22/h1-19H,(H,32,33)/b31-19-. The molecule has 0 unspecified atom stereocenters. The highest BCUT2D eigenvalue weighted by molar-refractivity contribution is 9.10. The Morgan fingerprint density at radius 2 is 1.47 bits per heavy atom. The van der Waals surface area contributed by atoms with E-state index in [1.165, 1.54) is 0 Å². The zero-order valence-electron chi connectivity index (χ0n) is 19.0. The Labute approximate surface area is 221 Å². The Bertz CT molecular complexity index is 1430. The number of hydrazone groups is 1. The quantitative estimate of drug-likeness (QED) is 0.0962. The van der Waals surface area contributed by atoms with Crippen molar-refractivity contribution in [2.75, 3.05) is 5.43 Å². The number of esters is 1. The number of hydrogen-bond donors (Lipinski definition) is 1. The zero-order chi connectivity index (χ0) is 24.7. The van der Waals surface area contributed by atoms with Gasteiger partial charge in [0.15, 0.2) is 0 Å². The normalized spacial score (nSPS) is 10.9. The van der Waals surface area contributed by atoms with Gasteiger partial charge in [0.25, 0.3) is 0 Å². The van der Waals surface area contributed by atoms with Crippen LogP contribution >= 0.6 is 27.3 Å². The molecule has 5 rings (SSSR count). The first-order valence-electron chi connectivity index (χ1n) is 11.1. The molecule has 5 aromatic rings. The Balaban J connectivity index is 1.27. The Kier molecular flexibility index (Phi) is 7.30. The van der Waals surface area contributed by atoms with E-state index in [0.29, 0.717) is 16.4 Å². The number of ether oxygens (including phenoxy) is 1. The second-order valence-electron chi connectivity index (χ2n) is 7.76. The number of halogens is 1. The van der Waals surface area contributed by atoms with Crippen LogP contribution in [0.2, 0.25) is 0 Å². The van der Waals surface area contributed by atoms with Crippen molar-refractivity contribution < 1.29 is 9.53 Å². The zero-order valence-corrected chi connectivity index (χ0v) is 21.4. The molecule has 0 fully saturated rings. The second kappa shape index (κ2) is 11.1. The first kappa shape index (κ1) is 23.7. The molecule has 4 aromatic carbocycles. The van der Waals surface area contributed by atoms with Crippen LogP contribution in [0, 0.1) is 0 Å². The van der Waals surface area contributed by atoms with Crippen LogP contribution in [0.4, 0.5) is 5.13 Å². The molecular formula is C29H20BrN3O2S. The van der Waals surface area contributed by atoms with Crippen LogP contribution in [0.15, 0.2) is 119 Å². The number of nitrogens with one attached hydrogen (secondary N) is 1. The van der Waals surface area contributed by atoms with Gasteiger partial charge in [0.05, 0.1) is 22.3 Å². The van der Waals surface area contributed by atoms with Gasteiger partial charge in [0.1, 0.15) is 5.75 Å². The van der Waals surface area contributed by atoms with Gasteiger partial charge >= 0.3 is 5.97 Å². The molecule has 0 bridgehead atoms. The molecule has 0 amide bonds. The van der Waals surface area contributed by atoms with Gasteiger partial charge in [-0.1, -0.05) is 87.9 Å². The number of rotatable bonds is 7. The van der Waals surface area contributed by atoms with Crippen LogP contribution in [-0.2, 0) is 0 Å². The summed E-state index contributed by atoms with van der Waals surface area (Å²) in [6, 6.07) is 34.5. The van der Waals surface area contributed by atoms with Gasteiger partial charge in [-0.15, -0.1) is 0 Å². The third kappa shape index (κ3) is 5.76. The average molecular weight is 554 g/mol. The summed E-state index contributed by atoms with van der Waals surface area (Å²) >= 11 is 4.91. The number of carbonyl (C=O) groups is 1.